The maximum Gasteiger partial charge on any atom is 0.363 e. The molecule has 8 nitrogen and oxygen atoms in total. The van der Waals surface area contributed by atoms with Crippen molar-refractivity contribution < 1.29 is 9.47 Å². The number of hydrazone groups is 1. The molecule has 2 N–H and O–H groups in total. The smallest absolute Gasteiger partial charge is 0.363 e. The molecule has 2 aromatic rings. The highest BCUT2D eigenvalue weighted by Gasteiger charge is 2.21. The molecule has 0 amide bonds. The Hall–Kier alpha value is -2.90. The standard InChI is InChI=1S/C19H27N5O3/c1-7-26-15-10-13(8-9-14(15)27-12(2)3)11-20-23-17-16(19(4,5)6)22-24-18(25)21-17/h8-12H,7H2,1-6H3,(H2,21,23,24,25)/b20-11+. The maximum absolute atomic E-state index is 11.5. The van der Waals surface area contributed by atoms with Gasteiger partial charge in [0, 0.05) is 5.41 Å². The summed E-state index contributed by atoms with van der Waals surface area (Å²) in [7, 11) is 0. The molecule has 146 valence electrons. The van der Waals surface area contributed by atoms with E-state index in [1.165, 1.54) is 0 Å². The molecule has 0 saturated carbocycles. The second kappa shape index (κ2) is 8.66. The molecular formula is C19H27N5O3. The van der Waals surface area contributed by atoms with Crippen molar-refractivity contribution in [1.82, 2.24) is 15.2 Å². The number of hydrogen-bond donors (Lipinski definition) is 2. The van der Waals surface area contributed by atoms with E-state index in [9.17, 15) is 4.79 Å². The van der Waals surface area contributed by atoms with Gasteiger partial charge in [-0.1, -0.05) is 20.8 Å². The lowest BCUT2D eigenvalue weighted by molar-refractivity contribution is 0.224. The van der Waals surface area contributed by atoms with Gasteiger partial charge in [-0.2, -0.15) is 15.2 Å². The first-order chi connectivity index (χ1) is 12.7. The molecule has 8 heteroatoms. The Balaban J connectivity index is 2.23. The van der Waals surface area contributed by atoms with E-state index in [0.29, 0.717) is 29.6 Å². The quantitative estimate of drug-likeness (QED) is 0.571. The van der Waals surface area contributed by atoms with Crippen molar-refractivity contribution in [3.63, 3.8) is 0 Å². The number of anilines is 1. The van der Waals surface area contributed by atoms with E-state index in [1.54, 1.807) is 6.21 Å². The Kier molecular flexibility index (Phi) is 6.55. The molecule has 0 aliphatic heterocycles. The number of aromatic amines is 1. The number of hydrogen-bond acceptors (Lipinski definition) is 7. The van der Waals surface area contributed by atoms with Gasteiger partial charge in [-0.25, -0.2) is 9.89 Å². The van der Waals surface area contributed by atoms with Crippen molar-refractivity contribution in [3.05, 3.63) is 39.9 Å². The number of H-pyrrole nitrogens is 1. The van der Waals surface area contributed by atoms with Crippen molar-refractivity contribution in [2.75, 3.05) is 12.0 Å². The van der Waals surface area contributed by atoms with Gasteiger partial charge < -0.3 is 9.47 Å². The minimum absolute atomic E-state index is 0.0518. The molecule has 0 saturated heterocycles. The van der Waals surface area contributed by atoms with Gasteiger partial charge in [0.15, 0.2) is 17.3 Å². The van der Waals surface area contributed by atoms with Crippen molar-refractivity contribution >= 4 is 12.0 Å². The van der Waals surface area contributed by atoms with Gasteiger partial charge in [0.2, 0.25) is 0 Å². The number of benzene rings is 1. The number of rotatable bonds is 7. The first kappa shape index (κ1) is 20.4. The zero-order chi connectivity index (χ0) is 20.0. The topological polar surface area (TPSA) is 101 Å². The number of aromatic nitrogens is 3. The van der Waals surface area contributed by atoms with Gasteiger partial charge in [-0.15, -0.1) is 0 Å². The lowest BCUT2D eigenvalue weighted by Crippen LogP contribution is -2.24. The summed E-state index contributed by atoms with van der Waals surface area (Å²) < 4.78 is 11.4. The maximum atomic E-state index is 11.5. The van der Waals surface area contributed by atoms with Crippen LogP contribution in [-0.2, 0) is 5.41 Å². The van der Waals surface area contributed by atoms with Gasteiger partial charge in [-0.3, -0.25) is 5.43 Å². The first-order valence-corrected chi connectivity index (χ1v) is 8.90. The van der Waals surface area contributed by atoms with Gasteiger partial charge in [0.1, 0.15) is 5.69 Å². The van der Waals surface area contributed by atoms with E-state index in [0.717, 1.165) is 5.56 Å². The number of nitrogens with zero attached hydrogens (tertiary/aromatic N) is 3. The zero-order valence-electron chi connectivity index (χ0n) is 16.7. The highest BCUT2D eigenvalue weighted by atomic mass is 16.5. The predicted molar refractivity (Wildman–Crippen MR) is 106 cm³/mol. The highest BCUT2D eigenvalue weighted by molar-refractivity contribution is 5.81. The molecule has 0 atom stereocenters. The molecule has 0 unspecified atom stereocenters. The van der Waals surface area contributed by atoms with Crippen LogP contribution in [0.15, 0.2) is 28.1 Å². The summed E-state index contributed by atoms with van der Waals surface area (Å²) in [6.07, 6.45) is 1.67. The van der Waals surface area contributed by atoms with Crippen LogP contribution in [0.4, 0.5) is 5.82 Å². The van der Waals surface area contributed by atoms with E-state index in [4.69, 9.17) is 9.47 Å². The van der Waals surface area contributed by atoms with E-state index >= 15 is 0 Å². The van der Waals surface area contributed by atoms with Crippen molar-refractivity contribution in [2.24, 2.45) is 5.10 Å². The molecule has 0 spiro atoms. The predicted octanol–water partition coefficient (Wildman–Crippen LogP) is 3.09. The zero-order valence-corrected chi connectivity index (χ0v) is 16.7. The summed E-state index contributed by atoms with van der Waals surface area (Å²) in [6, 6.07) is 5.57. The minimum Gasteiger partial charge on any atom is -0.490 e. The monoisotopic (exact) mass is 373 g/mol. The SMILES string of the molecule is CCOc1cc(/C=N/Nc2nc(=O)[nH]nc2C(C)(C)C)ccc1OC(C)C. The first-order valence-electron chi connectivity index (χ1n) is 8.90. The third kappa shape index (κ3) is 5.80. The lowest BCUT2D eigenvalue weighted by Gasteiger charge is -2.18. The second-order valence-corrected chi connectivity index (χ2v) is 7.26. The molecule has 0 fully saturated rings. The summed E-state index contributed by atoms with van der Waals surface area (Å²) in [6.45, 7) is 12.3. The second-order valence-electron chi connectivity index (χ2n) is 7.26. The molecule has 0 bridgehead atoms. The molecule has 27 heavy (non-hydrogen) atoms. The Bertz CT molecular complexity index is 853. The van der Waals surface area contributed by atoms with Crippen molar-refractivity contribution in [1.29, 1.82) is 0 Å². The molecule has 0 radical (unpaired) electrons. The summed E-state index contributed by atoms with van der Waals surface area (Å²) in [5, 5.41) is 10.6. The summed E-state index contributed by atoms with van der Waals surface area (Å²) >= 11 is 0. The van der Waals surface area contributed by atoms with Crippen LogP contribution >= 0.6 is 0 Å². The van der Waals surface area contributed by atoms with Gasteiger partial charge >= 0.3 is 5.69 Å². The highest BCUT2D eigenvalue weighted by Crippen LogP contribution is 2.29. The average Bonchev–Trinajstić information content (AvgIpc) is 2.56. The summed E-state index contributed by atoms with van der Waals surface area (Å²) in [4.78, 5) is 15.4. The molecule has 2 rings (SSSR count). The third-order valence-corrected chi connectivity index (χ3v) is 3.43. The van der Waals surface area contributed by atoms with E-state index in [2.05, 4.69) is 25.7 Å². The van der Waals surface area contributed by atoms with Gasteiger partial charge in [0.05, 0.1) is 18.9 Å². The fraction of sp³-hybridized carbons (Fsp3) is 0.474. The minimum atomic E-state index is -0.533. The summed E-state index contributed by atoms with van der Waals surface area (Å²) in [5.41, 5.74) is 3.42. The molecule has 1 heterocycles. The molecule has 0 aliphatic rings. The Labute approximate surface area is 159 Å². The number of ether oxygens (including phenoxy) is 2. The molecule has 0 aliphatic carbocycles. The fourth-order valence-electron chi connectivity index (χ4n) is 2.33. The molecule has 1 aromatic heterocycles. The lowest BCUT2D eigenvalue weighted by atomic mass is 9.92. The Morgan fingerprint density at radius 1 is 1.30 bits per heavy atom. The van der Waals surface area contributed by atoms with E-state index in [1.807, 2.05) is 59.7 Å². The van der Waals surface area contributed by atoms with Crippen LogP contribution in [-0.4, -0.2) is 34.1 Å². The van der Waals surface area contributed by atoms with E-state index in [-0.39, 0.29) is 11.5 Å². The van der Waals surface area contributed by atoms with Crippen LogP contribution in [0.1, 0.15) is 52.8 Å². The third-order valence-electron chi connectivity index (χ3n) is 3.43. The van der Waals surface area contributed by atoms with Crippen LogP contribution < -0.4 is 20.6 Å². The molecule has 1 aromatic carbocycles. The normalized spacial score (nSPS) is 11.8. The average molecular weight is 373 g/mol. The van der Waals surface area contributed by atoms with Gasteiger partial charge in [-0.05, 0) is 44.5 Å². The largest absolute Gasteiger partial charge is 0.490 e. The van der Waals surface area contributed by atoms with E-state index < -0.39 is 5.69 Å². The fourth-order valence-corrected chi connectivity index (χ4v) is 2.33. The van der Waals surface area contributed by atoms with Crippen LogP contribution in [0.3, 0.4) is 0 Å². The van der Waals surface area contributed by atoms with Crippen LogP contribution in [0, 0.1) is 0 Å². The van der Waals surface area contributed by atoms with Crippen LogP contribution in [0.2, 0.25) is 0 Å². The summed E-state index contributed by atoms with van der Waals surface area (Å²) in [5.74, 6) is 1.67. The van der Waals surface area contributed by atoms with Crippen LogP contribution in [0.5, 0.6) is 11.5 Å². The van der Waals surface area contributed by atoms with Gasteiger partial charge in [0.25, 0.3) is 0 Å². The Morgan fingerprint density at radius 3 is 2.67 bits per heavy atom. The van der Waals surface area contributed by atoms with Crippen molar-refractivity contribution in [3.8, 4) is 11.5 Å². The van der Waals surface area contributed by atoms with Crippen molar-refractivity contribution in [2.45, 2.75) is 53.1 Å². The Morgan fingerprint density at radius 2 is 2.04 bits per heavy atom. The number of nitrogens with one attached hydrogen (secondary N) is 2. The molecular weight excluding hydrogens is 346 g/mol. The van der Waals surface area contributed by atoms with Crippen LogP contribution in [0.25, 0.3) is 0 Å².